The maximum Gasteiger partial charge on any atom is -0.0676 e. The lowest BCUT2D eigenvalue weighted by molar-refractivity contribution is 0.649. The van der Waals surface area contributed by atoms with Crippen molar-refractivity contribution in [3.63, 3.8) is 0 Å². The molecule has 0 aliphatic heterocycles. The van der Waals surface area contributed by atoms with E-state index in [-0.39, 0.29) is 0 Å². The third kappa shape index (κ3) is 2.25. The predicted octanol–water partition coefficient (Wildman–Crippen LogP) is 2.26. The summed E-state index contributed by atoms with van der Waals surface area (Å²) in [6.45, 7) is 6.53. The van der Waals surface area contributed by atoms with Gasteiger partial charge in [-0.25, -0.2) is 0 Å². The normalized spacial score (nSPS) is 14.5. The van der Waals surface area contributed by atoms with Crippen LogP contribution in [0.1, 0.15) is 27.2 Å². The minimum absolute atomic E-state index is 0.810. The molecule has 0 heteroatoms. The Hall–Kier alpha value is 0. The van der Waals surface area contributed by atoms with Crippen LogP contribution in [0.5, 0.6) is 0 Å². The molecule has 0 aromatic rings. The summed E-state index contributed by atoms with van der Waals surface area (Å²) in [4.78, 5) is 0. The third-order valence-electron chi connectivity index (χ3n) is 1.21. The Morgan fingerprint density at radius 2 is 2.17 bits per heavy atom. The monoisotopic (exact) mass is 85.1 g/mol. The van der Waals surface area contributed by atoms with Gasteiger partial charge in [0.05, 0.1) is 0 Å². The van der Waals surface area contributed by atoms with E-state index >= 15 is 0 Å². The first-order valence-electron chi connectivity index (χ1n) is 2.60. The molecule has 1 atom stereocenters. The van der Waals surface area contributed by atoms with Crippen molar-refractivity contribution >= 4 is 0 Å². The van der Waals surface area contributed by atoms with Gasteiger partial charge < -0.3 is 6.42 Å². The van der Waals surface area contributed by atoms with Crippen LogP contribution in [0.25, 0.3) is 0 Å². The molecule has 6 heavy (non-hydrogen) atoms. The zero-order valence-electron chi connectivity index (χ0n) is 4.86. The van der Waals surface area contributed by atoms with Gasteiger partial charge >= 0.3 is 0 Å². The SMILES string of the molecule is C[CH-]C(C)CC. The summed E-state index contributed by atoms with van der Waals surface area (Å²) in [5.74, 6) is 0.810. The first-order chi connectivity index (χ1) is 2.81. The largest absolute Gasteiger partial charge is 0.329 e. The molecule has 0 nitrogen and oxygen atoms in total. The molecule has 0 heterocycles. The van der Waals surface area contributed by atoms with Crippen molar-refractivity contribution in [3.8, 4) is 0 Å². The van der Waals surface area contributed by atoms with Gasteiger partial charge in [0.1, 0.15) is 0 Å². The lowest BCUT2D eigenvalue weighted by atomic mass is 10.1. The summed E-state index contributed by atoms with van der Waals surface area (Å²) >= 11 is 0. The minimum atomic E-state index is 0.810. The van der Waals surface area contributed by atoms with Gasteiger partial charge in [0.2, 0.25) is 0 Å². The molecule has 0 radical (unpaired) electrons. The molecule has 0 aliphatic carbocycles. The third-order valence-corrected chi connectivity index (χ3v) is 1.21. The second kappa shape index (κ2) is 3.20. The molecule has 0 bridgehead atoms. The van der Waals surface area contributed by atoms with Crippen molar-refractivity contribution < 1.29 is 0 Å². The highest BCUT2D eigenvalue weighted by Gasteiger charge is 1.77. The average molecular weight is 85.2 g/mol. The fourth-order valence-electron chi connectivity index (χ4n) is 0.236. The Morgan fingerprint density at radius 1 is 1.67 bits per heavy atom. The standard InChI is InChI=1S/C6H13/c1-4-6(3)5-2/h4,6H,5H2,1-3H3/q-1. The summed E-state index contributed by atoms with van der Waals surface area (Å²) in [7, 11) is 0. The maximum absolute atomic E-state index is 2.22. The maximum atomic E-state index is 2.22. The molecule has 0 aliphatic rings. The van der Waals surface area contributed by atoms with Crippen molar-refractivity contribution in [2.24, 2.45) is 5.92 Å². The van der Waals surface area contributed by atoms with Crippen LogP contribution in [0.4, 0.5) is 0 Å². The molecule has 0 aromatic heterocycles. The highest BCUT2D eigenvalue weighted by molar-refractivity contribution is 4.62. The Labute approximate surface area is 40.6 Å². The molecule has 0 saturated carbocycles. The molecule has 0 spiro atoms. The van der Waals surface area contributed by atoms with Crippen LogP contribution in [-0.4, -0.2) is 0 Å². The lowest BCUT2D eigenvalue weighted by Gasteiger charge is -2.11. The lowest BCUT2D eigenvalue weighted by Crippen LogP contribution is -1.86. The van der Waals surface area contributed by atoms with Crippen molar-refractivity contribution in [3.05, 3.63) is 6.42 Å². The van der Waals surface area contributed by atoms with Crippen LogP contribution in [0.2, 0.25) is 0 Å². The van der Waals surface area contributed by atoms with Crippen LogP contribution in [0.3, 0.4) is 0 Å². The van der Waals surface area contributed by atoms with Gasteiger partial charge in [-0.1, -0.05) is 20.3 Å². The Balaban J connectivity index is 2.75. The van der Waals surface area contributed by atoms with Gasteiger partial charge in [-0.3, -0.25) is 0 Å². The molecule has 38 valence electrons. The highest BCUT2D eigenvalue weighted by atomic mass is 13.9. The molecule has 0 aromatic carbocycles. The number of rotatable bonds is 2. The van der Waals surface area contributed by atoms with E-state index in [0.717, 1.165) is 5.92 Å². The summed E-state index contributed by atoms with van der Waals surface area (Å²) in [6.07, 6.45) is 3.50. The summed E-state index contributed by atoms with van der Waals surface area (Å²) in [5.41, 5.74) is 0. The van der Waals surface area contributed by atoms with Gasteiger partial charge in [0, 0.05) is 0 Å². The topological polar surface area (TPSA) is 0 Å². The van der Waals surface area contributed by atoms with Gasteiger partial charge in [-0.2, -0.15) is 12.8 Å². The molecule has 0 saturated heterocycles. The smallest absolute Gasteiger partial charge is 0.0676 e. The van der Waals surface area contributed by atoms with Crippen LogP contribution < -0.4 is 0 Å². The number of hydrogen-bond donors (Lipinski definition) is 0. The Bertz CT molecular complexity index is 19.2. The van der Waals surface area contributed by atoms with Gasteiger partial charge in [0.15, 0.2) is 0 Å². The Morgan fingerprint density at radius 3 is 2.17 bits per heavy atom. The van der Waals surface area contributed by atoms with Crippen LogP contribution in [0.15, 0.2) is 0 Å². The van der Waals surface area contributed by atoms with E-state index < -0.39 is 0 Å². The molecular formula is C6H13-. The predicted molar refractivity (Wildman–Crippen MR) is 29.4 cm³/mol. The quantitative estimate of drug-likeness (QED) is 0.451. The van der Waals surface area contributed by atoms with E-state index in [4.69, 9.17) is 0 Å². The van der Waals surface area contributed by atoms with E-state index in [2.05, 4.69) is 27.2 Å². The molecule has 0 amide bonds. The minimum Gasteiger partial charge on any atom is -0.329 e. The van der Waals surface area contributed by atoms with Crippen LogP contribution >= 0.6 is 0 Å². The Kier molecular flexibility index (Phi) is 3.20. The van der Waals surface area contributed by atoms with Crippen molar-refractivity contribution in [2.45, 2.75) is 27.2 Å². The fourth-order valence-corrected chi connectivity index (χ4v) is 0.236. The van der Waals surface area contributed by atoms with E-state index in [0.29, 0.717) is 0 Å². The summed E-state index contributed by atoms with van der Waals surface area (Å²) < 4.78 is 0. The first kappa shape index (κ1) is 6.00. The number of hydrogen-bond acceptors (Lipinski definition) is 0. The molecular weight excluding hydrogens is 72.1 g/mol. The fraction of sp³-hybridized carbons (Fsp3) is 0.833. The second-order valence-electron chi connectivity index (χ2n) is 1.72. The van der Waals surface area contributed by atoms with E-state index in [1.165, 1.54) is 6.42 Å². The summed E-state index contributed by atoms with van der Waals surface area (Å²) in [5, 5.41) is 0. The van der Waals surface area contributed by atoms with Crippen LogP contribution in [0, 0.1) is 12.3 Å². The second-order valence-corrected chi connectivity index (χ2v) is 1.72. The molecule has 1 unspecified atom stereocenters. The van der Waals surface area contributed by atoms with Gasteiger partial charge in [-0.15, -0.1) is 0 Å². The first-order valence-corrected chi connectivity index (χ1v) is 2.60. The molecule has 0 rings (SSSR count). The van der Waals surface area contributed by atoms with Crippen molar-refractivity contribution in [1.29, 1.82) is 0 Å². The zero-order valence-corrected chi connectivity index (χ0v) is 4.86. The van der Waals surface area contributed by atoms with Crippen molar-refractivity contribution in [2.75, 3.05) is 0 Å². The zero-order chi connectivity index (χ0) is 4.99. The van der Waals surface area contributed by atoms with Gasteiger partial charge in [0.25, 0.3) is 0 Å². The average Bonchev–Trinajstić information content (AvgIpc) is 1.65. The molecule has 0 N–H and O–H groups in total. The summed E-state index contributed by atoms with van der Waals surface area (Å²) in [6, 6.07) is 0. The van der Waals surface area contributed by atoms with Crippen LogP contribution in [-0.2, 0) is 0 Å². The molecule has 0 fully saturated rings. The van der Waals surface area contributed by atoms with E-state index in [1.807, 2.05) is 0 Å². The van der Waals surface area contributed by atoms with Crippen molar-refractivity contribution in [1.82, 2.24) is 0 Å². The van der Waals surface area contributed by atoms with E-state index in [9.17, 15) is 0 Å². The van der Waals surface area contributed by atoms with Gasteiger partial charge in [-0.05, 0) is 0 Å². The van der Waals surface area contributed by atoms with E-state index in [1.54, 1.807) is 0 Å². The highest BCUT2D eigenvalue weighted by Crippen LogP contribution is 2.01.